The Hall–Kier alpha value is -3.09. The summed E-state index contributed by atoms with van der Waals surface area (Å²) in [6.45, 7) is 18.6. The van der Waals surface area contributed by atoms with E-state index in [1.165, 1.54) is 15.9 Å². The lowest BCUT2D eigenvalue weighted by molar-refractivity contribution is 0.102. The number of hydrogen-bond acceptors (Lipinski definition) is 11. The van der Waals surface area contributed by atoms with Crippen molar-refractivity contribution in [3.05, 3.63) is 197 Å². The van der Waals surface area contributed by atoms with Crippen LogP contribution in [0.3, 0.4) is 0 Å². The van der Waals surface area contributed by atoms with Gasteiger partial charge in [-0.25, -0.2) is 0 Å². The molecule has 0 radical (unpaired) electrons. The van der Waals surface area contributed by atoms with E-state index in [2.05, 4.69) is 149 Å². The number of phenolic OH excluding ortho intramolecular Hbond substituents is 1. The molecule has 7 aromatic rings. The Kier molecular flexibility index (Phi) is 55.1. The fourth-order valence-corrected chi connectivity index (χ4v) is 10.8. The van der Waals surface area contributed by atoms with E-state index >= 15 is 0 Å². The zero-order chi connectivity index (χ0) is 61.6. The molecular weight excluding hydrogens is 1450 g/mol. The summed E-state index contributed by atoms with van der Waals surface area (Å²) < 4.78 is 39.5. The number of aliphatic hydroxyl groups is 1. The number of benzene rings is 7. The van der Waals surface area contributed by atoms with E-state index in [1.54, 1.807) is 30.3 Å². The molecule has 1 fully saturated rings. The number of rotatable bonds is 22. The largest absolute Gasteiger partial charge is 0.506 e. The molecule has 3 N–H and O–H groups in total. The summed E-state index contributed by atoms with van der Waals surface area (Å²) >= 11 is 42.9. The standard InChI is InChI=1S/C18H15P.C14H21ClN2O2.2C10H12BrClO2.C6H4BrClO.C4H10O2.CH2Cl2.3CH4/c1-4-10-16(11-5-1)19(17-12-6-2-7-13-17)18-14-8-3-9-15-18;1-2-18-9-10-19-14-11-12(3-4-13(14)15)17-7-5-16-6-8-17;2*1-2-13-5-6-14-10-7-8(11)3-4-9(10)12;7-4-1-2-5(8)6(9)3-4;1-2-6-4-3-5;2-1-3;;;/h1-15H;3-4,11,16H,2,5-10H2,1H3;2*3-4,7H,2,5-6H2,1H3;1-3,9H;5H,2-4H2,1H3;1H2;3*1H4. The summed E-state index contributed by atoms with van der Waals surface area (Å²) in [6.07, 6.45) is 0. The van der Waals surface area contributed by atoms with E-state index < -0.39 is 7.92 Å². The number of halogens is 9. The molecule has 0 aromatic heterocycles. The van der Waals surface area contributed by atoms with E-state index in [0.29, 0.717) is 104 Å². The van der Waals surface area contributed by atoms with Gasteiger partial charge in [-0.1, -0.05) is 207 Å². The Morgan fingerprint density at radius 2 is 0.770 bits per heavy atom. The number of nitrogens with one attached hydrogen (secondary N) is 1. The number of aromatic hydroxyl groups is 1. The van der Waals surface area contributed by atoms with Gasteiger partial charge in [-0.15, -0.1) is 23.2 Å². The highest BCUT2D eigenvalue weighted by atomic mass is 79.9. The number of piperazine rings is 1. The minimum Gasteiger partial charge on any atom is -0.506 e. The lowest BCUT2D eigenvalue weighted by atomic mass is 10.2. The number of aliphatic hydroxyl groups excluding tert-OH is 1. The zero-order valence-electron chi connectivity index (χ0n) is 47.7. The van der Waals surface area contributed by atoms with Crippen molar-refractivity contribution in [2.75, 3.05) is 116 Å². The number of anilines is 1. The molecular formula is C66H88Br3Cl6N2O9P. The van der Waals surface area contributed by atoms with Crippen molar-refractivity contribution < 1.29 is 43.4 Å². The molecule has 11 nitrogen and oxygen atoms in total. The number of phenols is 1. The van der Waals surface area contributed by atoms with Gasteiger partial charge in [0.25, 0.3) is 0 Å². The van der Waals surface area contributed by atoms with E-state index in [1.807, 2.05) is 70.2 Å². The van der Waals surface area contributed by atoms with Gasteiger partial charge in [-0.3, -0.25) is 0 Å². The molecule has 8 rings (SSSR count). The van der Waals surface area contributed by atoms with Crippen LogP contribution in [0.2, 0.25) is 20.1 Å². The van der Waals surface area contributed by atoms with Gasteiger partial charge in [-0.2, -0.15) is 0 Å². The third kappa shape index (κ3) is 39.0. The molecule has 484 valence electrons. The monoisotopic (exact) mass is 1530 g/mol. The minimum atomic E-state index is -0.446. The zero-order valence-corrected chi connectivity index (χ0v) is 57.8. The average molecular weight is 1540 g/mol. The quantitative estimate of drug-likeness (QED) is 0.0342. The smallest absolute Gasteiger partial charge is 0.140 e. The van der Waals surface area contributed by atoms with Crippen LogP contribution < -0.4 is 40.3 Å². The predicted molar refractivity (Wildman–Crippen MR) is 387 cm³/mol. The Morgan fingerprint density at radius 1 is 0.448 bits per heavy atom. The lowest BCUT2D eigenvalue weighted by Crippen LogP contribution is -2.43. The molecule has 1 aliphatic heterocycles. The molecule has 87 heavy (non-hydrogen) atoms. The van der Waals surface area contributed by atoms with E-state index in [-0.39, 0.29) is 40.0 Å². The highest BCUT2D eigenvalue weighted by Crippen LogP contribution is 2.33. The Morgan fingerprint density at radius 3 is 1.09 bits per heavy atom. The third-order valence-corrected chi connectivity index (χ3v) is 15.8. The van der Waals surface area contributed by atoms with Gasteiger partial charge in [0.2, 0.25) is 0 Å². The maximum Gasteiger partial charge on any atom is 0.140 e. The molecule has 1 saturated heterocycles. The molecule has 0 saturated carbocycles. The van der Waals surface area contributed by atoms with Crippen molar-refractivity contribution in [2.45, 2.75) is 50.0 Å². The molecule has 21 heteroatoms. The fraction of sp³-hybridized carbons (Fsp3) is 0.364. The van der Waals surface area contributed by atoms with Crippen molar-refractivity contribution in [3.63, 3.8) is 0 Å². The van der Waals surface area contributed by atoms with E-state index in [4.69, 9.17) is 113 Å². The number of nitrogens with zero attached hydrogens (tertiary/aromatic N) is 1. The van der Waals surface area contributed by atoms with Crippen molar-refractivity contribution in [1.82, 2.24) is 5.32 Å². The van der Waals surface area contributed by atoms with Gasteiger partial charge >= 0.3 is 0 Å². The first-order valence-electron chi connectivity index (χ1n) is 26.9. The molecule has 1 aliphatic rings. The van der Waals surface area contributed by atoms with E-state index in [0.717, 1.165) is 51.0 Å². The summed E-state index contributed by atoms with van der Waals surface area (Å²) in [5.74, 6) is 2.20. The summed E-state index contributed by atoms with van der Waals surface area (Å²) in [4.78, 5) is 2.34. The van der Waals surface area contributed by atoms with Gasteiger partial charge in [0.1, 0.15) is 42.8 Å². The molecule has 0 atom stereocenters. The van der Waals surface area contributed by atoms with Crippen molar-refractivity contribution in [3.8, 4) is 23.0 Å². The third-order valence-electron chi connectivity index (χ3n) is 10.6. The van der Waals surface area contributed by atoms with E-state index in [9.17, 15) is 0 Å². The lowest BCUT2D eigenvalue weighted by Gasteiger charge is -2.29. The summed E-state index contributed by atoms with van der Waals surface area (Å²) in [6, 6.07) is 54.2. The second-order valence-corrected chi connectivity index (χ2v) is 24.0. The molecule has 1 heterocycles. The van der Waals surface area contributed by atoms with Crippen LogP contribution in [0, 0.1) is 0 Å². The number of alkyl halides is 2. The van der Waals surface area contributed by atoms with Crippen LogP contribution >= 0.6 is 125 Å². The normalized spacial score (nSPS) is 10.8. The predicted octanol–water partition coefficient (Wildman–Crippen LogP) is 18.8. The maximum atomic E-state index is 8.94. The minimum absolute atomic E-state index is 0. The number of hydrogen-bond donors (Lipinski definition) is 3. The summed E-state index contributed by atoms with van der Waals surface area (Å²) in [5, 5.41) is 27.0. The molecule has 7 aromatic carbocycles. The Bertz CT molecular complexity index is 2600. The maximum absolute atomic E-state index is 8.94. The average Bonchev–Trinajstić information content (AvgIpc) is 3.23. The van der Waals surface area contributed by atoms with Gasteiger partial charge in [0.15, 0.2) is 0 Å². The first kappa shape index (κ1) is 86.0. The summed E-state index contributed by atoms with van der Waals surface area (Å²) in [5.41, 5.74) is 1.16. The van der Waals surface area contributed by atoms with Crippen molar-refractivity contribution >= 4 is 147 Å². The molecule has 0 amide bonds. The highest BCUT2D eigenvalue weighted by Gasteiger charge is 2.16. The second-order valence-electron chi connectivity index (χ2n) is 16.6. The van der Waals surface area contributed by atoms with Crippen LogP contribution in [0.25, 0.3) is 0 Å². The van der Waals surface area contributed by atoms with Gasteiger partial charge in [-0.05, 0) is 118 Å². The first-order chi connectivity index (χ1) is 40.8. The van der Waals surface area contributed by atoms with Crippen LogP contribution in [0.5, 0.6) is 23.0 Å². The fourth-order valence-electron chi connectivity index (χ4n) is 6.84. The second kappa shape index (κ2) is 55.7. The molecule has 0 spiro atoms. The van der Waals surface area contributed by atoms with Gasteiger partial charge in [0, 0.05) is 77.8 Å². The molecule has 0 aliphatic carbocycles. The molecule has 0 unspecified atom stereocenters. The Labute approximate surface area is 576 Å². The Balaban J connectivity index is 0. The highest BCUT2D eigenvalue weighted by molar-refractivity contribution is 9.11. The van der Waals surface area contributed by atoms with Crippen molar-refractivity contribution in [1.29, 1.82) is 0 Å². The number of ether oxygens (including phenoxy) is 7. The van der Waals surface area contributed by atoms with Gasteiger partial charge in [0.05, 0.1) is 58.5 Å². The molecule has 0 bridgehead atoms. The van der Waals surface area contributed by atoms with Crippen LogP contribution in [-0.2, 0) is 18.9 Å². The first-order valence-corrected chi connectivity index (χ1v) is 33.2. The SMILES string of the molecule is C.C.C.CCOCCO.CCOCCOc1cc(Br)ccc1Cl.CCOCCOc1cc(Br)ccc1Cl.CCOCCOc1cc(N2CCNCC2)ccc1Cl.ClCCl.Oc1cc(Br)ccc1Cl.c1ccc(P(c2ccccc2)c2ccccc2)cc1. The van der Waals surface area contributed by atoms with Crippen LogP contribution in [0.15, 0.2) is 177 Å². The summed E-state index contributed by atoms with van der Waals surface area (Å²) in [7, 11) is -0.446. The van der Waals surface area contributed by atoms with Gasteiger partial charge < -0.3 is 53.6 Å². The topological polar surface area (TPSA) is 120 Å². The van der Waals surface area contributed by atoms with Crippen LogP contribution in [0.4, 0.5) is 5.69 Å². The van der Waals surface area contributed by atoms with Crippen LogP contribution in [0.1, 0.15) is 50.0 Å². The van der Waals surface area contributed by atoms with Crippen molar-refractivity contribution in [2.24, 2.45) is 0 Å². The van der Waals surface area contributed by atoms with Crippen LogP contribution in [-0.4, -0.2) is 121 Å².